The molecule has 2 aromatic carbocycles. The van der Waals surface area contributed by atoms with Gasteiger partial charge in [-0.25, -0.2) is 4.39 Å². The normalized spacial score (nSPS) is 20.0. The Kier molecular flexibility index (Phi) is 5.97. The first kappa shape index (κ1) is 19.7. The third kappa shape index (κ3) is 4.52. The molecule has 2 aromatic rings. The van der Waals surface area contributed by atoms with Gasteiger partial charge in [0.15, 0.2) is 0 Å². The third-order valence-electron chi connectivity index (χ3n) is 4.91. The first-order chi connectivity index (χ1) is 14.1. The minimum atomic E-state index is -0.365. The highest BCUT2D eigenvalue weighted by Gasteiger charge is 2.30. The van der Waals surface area contributed by atoms with Crippen molar-refractivity contribution in [1.82, 2.24) is 5.32 Å². The number of benzene rings is 2. The molecule has 5 nitrogen and oxygen atoms in total. The maximum atomic E-state index is 14.2. The number of amides is 2. The number of para-hydroxylation sites is 1. The number of nitrogens with zero attached hydrogens (tertiary/aromatic N) is 1. The molecule has 4 rings (SSSR count). The van der Waals surface area contributed by atoms with Crippen molar-refractivity contribution in [3.8, 4) is 0 Å². The van der Waals surface area contributed by atoms with Crippen LogP contribution in [0.3, 0.4) is 0 Å². The van der Waals surface area contributed by atoms with Gasteiger partial charge in [-0.1, -0.05) is 42.1 Å². The van der Waals surface area contributed by atoms with Crippen LogP contribution in [-0.2, 0) is 20.9 Å². The average Bonchev–Trinajstić information content (AvgIpc) is 3.24. The summed E-state index contributed by atoms with van der Waals surface area (Å²) in [6.07, 6.45) is 3.28. The maximum absolute atomic E-state index is 14.2. The molecule has 0 radical (unpaired) electrons. The molecule has 1 atom stereocenters. The molecule has 1 saturated heterocycles. The van der Waals surface area contributed by atoms with E-state index in [2.05, 4.69) is 5.32 Å². The van der Waals surface area contributed by atoms with Gasteiger partial charge < -0.3 is 15.0 Å². The van der Waals surface area contributed by atoms with Gasteiger partial charge >= 0.3 is 0 Å². The Morgan fingerprint density at radius 2 is 2.03 bits per heavy atom. The molecule has 1 N–H and O–H groups in total. The van der Waals surface area contributed by atoms with Gasteiger partial charge in [0.05, 0.1) is 23.2 Å². The molecular formula is C22H21FN2O3S. The number of nitrogens with one attached hydrogen (secondary N) is 1. The Bertz CT molecular complexity index is 957. The van der Waals surface area contributed by atoms with Crippen molar-refractivity contribution < 1.29 is 18.7 Å². The summed E-state index contributed by atoms with van der Waals surface area (Å²) in [5.74, 6) is -1.01. The van der Waals surface area contributed by atoms with E-state index in [4.69, 9.17) is 4.74 Å². The average molecular weight is 412 g/mol. The van der Waals surface area contributed by atoms with Crippen molar-refractivity contribution in [3.05, 3.63) is 70.9 Å². The molecule has 150 valence electrons. The first-order valence-electron chi connectivity index (χ1n) is 9.55. The fraction of sp³-hybridized carbons (Fsp3) is 0.273. The lowest BCUT2D eigenvalue weighted by molar-refractivity contribution is -0.118. The molecule has 7 heteroatoms. The Morgan fingerprint density at radius 3 is 2.83 bits per heavy atom. The lowest BCUT2D eigenvalue weighted by atomic mass is 10.1. The van der Waals surface area contributed by atoms with Crippen LogP contribution in [0.5, 0.6) is 0 Å². The van der Waals surface area contributed by atoms with Gasteiger partial charge in [-0.15, -0.1) is 0 Å². The van der Waals surface area contributed by atoms with E-state index in [-0.39, 0.29) is 30.3 Å². The fourth-order valence-electron chi connectivity index (χ4n) is 3.41. The van der Waals surface area contributed by atoms with Crippen LogP contribution in [0.4, 0.5) is 10.1 Å². The van der Waals surface area contributed by atoms with Gasteiger partial charge in [-0.05, 0) is 31.0 Å². The number of fused-ring (bicyclic) bond motifs is 1. The summed E-state index contributed by atoms with van der Waals surface area (Å²) in [6.45, 7) is 1.24. The van der Waals surface area contributed by atoms with E-state index < -0.39 is 0 Å². The number of ether oxygens (including phenoxy) is 1. The Balaban J connectivity index is 1.56. The number of hydrogen-bond donors (Lipinski definition) is 1. The highest BCUT2D eigenvalue weighted by Crippen LogP contribution is 2.41. The molecule has 0 spiro atoms. The molecule has 0 aromatic heterocycles. The summed E-state index contributed by atoms with van der Waals surface area (Å²) in [6, 6.07) is 13.8. The minimum absolute atomic E-state index is 0.0327. The molecule has 0 saturated carbocycles. The molecule has 2 heterocycles. The van der Waals surface area contributed by atoms with Gasteiger partial charge in [0.1, 0.15) is 5.82 Å². The molecule has 29 heavy (non-hydrogen) atoms. The van der Waals surface area contributed by atoms with Crippen molar-refractivity contribution in [2.24, 2.45) is 0 Å². The highest BCUT2D eigenvalue weighted by atomic mass is 32.2. The van der Waals surface area contributed by atoms with Gasteiger partial charge in [0, 0.05) is 29.7 Å². The first-order valence-corrected chi connectivity index (χ1v) is 10.4. The second kappa shape index (κ2) is 8.80. The van der Waals surface area contributed by atoms with Crippen LogP contribution in [-0.4, -0.2) is 31.1 Å². The van der Waals surface area contributed by atoms with Crippen LogP contribution < -0.4 is 10.2 Å². The van der Waals surface area contributed by atoms with Gasteiger partial charge in [-0.3, -0.25) is 9.59 Å². The Hall–Kier alpha value is -2.64. The molecule has 2 aliphatic heterocycles. The number of carbonyl (C=O) groups is 2. The summed E-state index contributed by atoms with van der Waals surface area (Å²) in [5, 5.41) is 2.81. The van der Waals surface area contributed by atoms with Gasteiger partial charge in [-0.2, -0.15) is 0 Å². The predicted molar refractivity (Wildman–Crippen MR) is 110 cm³/mol. The molecule has 2 amide bonds. The van der Waals surface area contributed by atoms with E-state index in [0.717, 1.165) is 24.3 Å². The number of rotatable bonds is 5. The maximum Gasteiger partial charge on any atom is 0.265 e. The number of hydrogen-bond acceptors (Lipinski definition) is 4. The quantitative estimate of drug-likeness (QED) is 0.762. The second-order valence-electron chi connectivity index (χ2n) is 6.94. The van der Waals surface area contributed by atoms with Gasteiger partial charge in [0.2, 0.25) is 5.91 Å². The summed E-state index contributed by atoms with van der Waals surface area (Å²) in [5.41, 5.74) is 1.13. The number of thioether (sulfide) groups is 1. The van der Waals surface area contributed by atoms with Gasteiger partial charge in [0.25, 0.3) is 5.91 Å². The lowest BCUT2D eigenvalue weighted by Crippen LogP contribution is -2.35. The monoisotopic (exact) mass is 412 g/mol. The zero-order valence-electron chi connectivity index (χ0n) is 15.8. The van der Waals surface area contributed by atoms with Crippen LogP contribution in [0.25, 0.3) is 0 Å². The summed E-state index contributed by atoms with van der Waals surface area (Å²) in [4.78, 5) is 28.1. The number of halogens is 1. The summed E-state index contributed by atoms with van der Waals surface area (Å²) >= 11 is 1.25. The van der Waals surface area contributed by atoms with Crippen molar-refractivity contribution >= 4 is 29.3 Å². The summed E-state index contributed by atoms with van der Waals surface area (Å²) in [7, 11) is 0. The van der Waals surface area contributed by atoms with Crippen molar-refractivity contribution in [1.29, 1.82) is 0 Å². The van der Waals surface area contributed by atoms with Crippen LogP contribution in [0.2, 0.25) is 0 Å². The zero-order chi connectivity index (χ0) is 20.2. The van der Waals surface area contributed by atoms with E-state index in [1.807, 2.05) is 24.3 Å². The molecular weight excluding hydrogens is 391 g/mol. The van der Waals surface area contributed by atoms with E-state index in [1.165, 1.54) is 28.8 Å². The minimum Gasteiger partial charge on any atom is -0.376 e. The smallest absolute Gasteiger partial charge is 0.265 e. The van der Waals surface area contributed by atoms with E-state index in [1.54, 1.807) is 18.2 Å². The molecule has 1 fully saturated rings. The van der Waals surface area contributed by atoms with Crippen LogP contribution in [0.1, 0.15) is 18.4 Å². The standard InChI is InChI=1S/C22H21FN2O3S/c23-17-8-2-1-6-15(17)14-25-18-9-3-4-10-19(18)29-20(22(25)27)12-21(26)24-13-16-7-5-11-28-16/h1-4,6,8-10,12,16H,5,7,11,13-14H2,(H,24,26)/b20-12-. The van der Waals surface area contributed by atoms with Crippen LogP contribution in [0, 0.1) is 5.82 Å². The molecule has 0 aliphatic carbocycles. The van der Waals surface area contributed by atoms with E-state index >= 15 is 0 Å². The highest BCUT2D eigenvalue weighted by molar-refractivity contribution is 8.04. The lowest BCUT2D eigenvalue weighted by Gasteiger charge is -2.30. The third-order valence-corrected chi connectivity index (χ3v) is 5.99. The Labute approximate surface area is 172 Å². The SMILES string of the molecule is O=C(/C=C1\Sc2ccccc2N(Cc2ccccc2F)C1=O)NCC1CCCO1. The molecule has 0 bridgehead atoms. The number of carbonyl (C=O) groups excluding carboxylic acids is 2. The number of anilines is 1. The Morgan fingerprint density at radius 1 is 1.24 bits per heavy atom. The predicted octanol–water partition coefficient (Wildman–Crippen LogP) is 3.64. The van der Waals surface area contributed by atoms with E-state index in [9.17, 15) is 14.0 Å². The van der Waals surface area contributed by atoms with Crippen molar-refractivity contribution in [2.75, 3.05) is 18.1 Å². The second-order valence-corrected chi connectivity index (χ2v) is 8.03. The van der Waals surface area contributed by atoms with Crippen molar-refractivity contribution in [2.45, 2.75) is 30.4 Å². The van der Waals surface area contributed by atoms with Crippen molar-refractivity contribution in [3.63, 3.8) is 0 Å². The van der Waals surface area contributed by atoms with Crippen LogP contribution >= 0.6 is 11.8 Å². The summed E-state index contributed by atoms with van der Waals surface area (Å²) < 4.78 is 19.7. The van der Waals surface area contributed by atoms with E-state index in [0.29, 0.717) is 22.7 Å². The van der Waals surface area contributed by atoms with Crippen LogP contribution in [0.15, 0.2) is 64.4 Å². The fourth-order valence-corrected chi connectivity index (χ4v) is 4.44. The molecule has 2 aliphatic rings. The molecule has 1 unspecified atom stereocenters. The zero-order valence-corrected chi connectivity index (χ0v) is 16.6. The largest absolute Gasteiger partial charge is 0.376 e. The topological polar surface area (TPSA) is 58.6 Å².